The van der Waals surface area contributed by atoms with Crippen LogP contribution in [0.3, 0.4) is 0 Å². The van der Waals surface area contributed by atoms with Crippen molar-refractivity contribution in [3.63, 3.8) is 0 Å². The summed E-state index contributed by atoms with van der Waals surface area (Å²) in [5.41, 5.74) is 3.07. The van der Waals surface area contributed by atoms with Crippen LogP contribution in [0.4, 0.5) is 0 Å². The highest BCUT2D eigenvalue weighted by atomic mass is 32.2. The number of ether oxygens (including phenoxy) is 1. The maximum Gasteiger partial charge on any atom is 0.336 e. The molecule has 1 aliphatic carbocycles. The summed E-state index contributed by atoms with van der Waals surface area (Å²) in [6, 6.07) is 8.25. The van der Waals surface area contributed by atoms with Gasteiger partial charge in [-0.15, -0.1) is 22.7 Å². The van der Waals surface area contributed by atoms with E-state index in [0.717, 1.165) is 39.8 Å². The summed E-state index contributed by atoms with van der Waals surface area (Å²) < 4.78 is 5.62. The number of carbonyl (C=O) groups is 2. The molecule has 31 heavy (non-hydrogen) atoms. The van der Waals surface area contributed by atoms with E-state index in [9.17, 15) is 9.59 Å². The van der Waals surface area contributed by atoms with Crippen LogP contribution in [0.1, 0.15) is 53.2 Å². The summed E-state index contributed by atoms with van der Waals surface area (Å²) in [6.07, 6.45) is 1.27. The molecule has 0 unspecified atom stereocenters. The summed E-state index contributed by atoms with van der Waals surface area (Å²) in [7, 11) is 0. The highest BCUT2D eigenvalue weighted by molar-refractivity contribution is 7.99. The fourth-order valence-electron chi connectivity index (χ4n) is 4.34. The van der Waals surface area contributed by atoms with Crippen molar-refractivity contribution in [3.8, 4) is 0 Å². The fraction of sp³-hybridized carbons (Fsp3) is 0.417. The molecule has 2 aromatic rings. The summed E-state index contributed by atoms with van der Waals surface area (Å²) in [4.78, 5) is 30.0. The minimum absolute atomic E-state index is 0.127. The summed E-state index contributed by atoms with van der Waals surface area (Å²) in [5.74, 6) is 1.42. The third kappa shape index (κ3) is 4.69. The Kier molecular flexibility index (Phi) is 7.04. The Balaban J connectivity index is 1.69. The Labute approximate surface area is 195 Å². The van der Waals surface area contributed by atoms with Crippen molar-refractivity contribution < 1.29 is 14.3 Å². The van der Waals surface area contributed by atoms with Crippen LogP contribution >= 0.6 is 34.4 Å². The van der Waals surface area contributed by atoms with Crippen molar-refractivity contribution in [2.24, 2.45) is 0 Å². The lowest BCUT2D eigenvalue weighted by molar-refractivity contribution is -0.138. The van der Waals surface area contributed by atoms with Gasteiger partial charge in [0.1, 0.15) is 6.61 Å². The number of nitrogens with one attached hydrogen (secondary N) is 1. The van der Waals surface area contributed by atoms with Crippen LogP contribution in [0.25, 0.3) is 0 Å². The molecule has 2 aromatic heterocycles. The number of hydrogen-bond acceptors (Lipinski definition) is 7. The van der Waals surface area contributed by atoms with Crippen LogP contribution in [0.15, 0.2) is 52.2 Å². The van der Waals surface area contributed by atoms with Crippen molar-refractivity contribution in [2.75, 3.05) is 18.1 Å². The van der Waals surface area contributed by atoms with Crippen LogP contribution in [0.5, 0.6) is 0 Å². The number of thioether (sulfide) groups is 1. The van der Waals surface area contributed by atoms with Crippen molar-refractivity contribution in [1.29, 1.82) is 0 Å². The predicted molar refractivity (Wildman–Crippen MR) is 130 cm³/mol. The molecule has 7 heteroatoms. The van der Waals surface area contributed by atoms with E-state index in [2.05, 4.69) is 36.7 Å². The second-order valence-electron chi connectivity index (χ2n) is 7.81. The average Bonchev–Trinajstić information content (AvgIpc) is 3.42. The van der Waals surface area contributed by atoms with Crippen LogP contribution < -0.4 is 5.32 Å². The lowest BCUT2D eigenvalue weighted by Crippen LogP contribution is -2.35. The largest absolute Gasteiger partial charge is 0.461 e. The number of rotatable bonds is 7. The Hall–Kier alpha value is -1.83. The van der Waals surface area contributed by atoms with E-state index in [-0.39, 0.29) is 23.6 Å². The zero-order valence-electron chi connectivity index (χ0n) is 18.0. The predicted octanol–water partition coefficient (Wildman–Crippen LogP) is 5.78. The number of aryl methyl sites for hydroxylation is 1. The van der Waals surface area contributed by atoms with E-state index in [1.807, 2.05) is 19.1 Å². The van der Waals surface area contributed by atoms with Gasteiger partial charge in [-0.05, 0) is 49.6 Å². The molecule has 0 radical (unpaired) electrons. The van der Waals surface area contributed by atoms with Crippen molar-refractivity contribution in [1.82, 2.24) is 5.32 Å². The monoisotopic (exact) mass is 473 g/mol. The van der Waals surface area contributed by atoms with E-state index < -0.39 is 0 Å². The van der Waals surface area contributed by atoms with Gasteiger partial charge in [0.05, 0.1) is 11.5 Å². The van der Waals surface area contributed by atoms with E-state index in [0.29, 0.717) is 18.6 Å². The minimum atomic E-state index is -0.349. The van der Waals surface area contributed by atoms with Gasteiger partial charge in [0.2, 0.25) is 0 Å². The van der Waals surface area contributed by atoms with Crippen molar-refractivity contribution in [3.05, 3.63) is 66.8 Å². The van der Waals surface area contributed by atoms with Gasteiger partial charge in [-0.1, -0.05) is 13.0 Å². The van der Waals surface area contributed by atoms with Gasteiger partial charge >= 0.3 is 5.97 Å². The molecule has 4 nitrogen and oxygen atoms in total. The number of ketones is 1. The molecule has 1 aliphatic heterocycles. The molecule has 2 aliphatic rings. The first-order chi connectivity index (χ1) is 15.0. The molecule has 0 spiro atoms. The van der Waals surface area contributed by atoms with Crippen LogP contribution in [-0.4, -0.2) is 29.9 Å². The molecule has 2 atom stereocenters. The van der Waals surface area contributed by atoms with Crippen molar-refractivity contribution in [2.45, 2.75) is 45.4 Å². The Morgan fingerprint density at radius 2 is 2.06 bits per heavy atom. The first-order valence-corrected chi connectivity index (χ1v) is 13.4. The Morgan fingerprint density at radius 1 is 1.23 bits per heavy atom. The zero-order chi connectivity index (χ0) is 22.0. The Bertz CT molecular complexity index is 1030. The smallest absolute Gasteiger partial charge is 0.336 e. The fourth-order valence-corrected chi connectivity index (χ4v) is 6.66. The zero-order valence-corrected chi connectivity index (χ0v) is 20.5. The highest BCUT2D eigenvalue weighted by Crippen LogP contribution is 2.47. The van der Waals surface area contributed by atoms with Gasteiger partial charge < -0.3 is 10.1 Å². The molecule has 0 saturated carbocycles. The van der Waals surface area contributed by atoms with Gasteiger partial charge in [-0.3, -0.25) is 4.79 Å². The van der Waals surface area contributed by atoms with E-state index in [1.54, 1.807) is 34.4 Å². The quantitative estimate of drug-likeness (QED) is 0.408. The van der Waals surface area contributed by atoms with Gasteiger partial charge in [0, 0.05) is 49.7 Å². The number of allylic oxidation sites excluding steroid dienone is 3. The number of thiophene rings is 2. The topological polar surface area (TPSA) is 55.4 Å². The molecule has 0 aromatic carbocycles. The van der Waals surface area contributed by atoms with Crippen LogP contribution in [-0.2, 0) is 14.3 Å². The molecular formula is C24H27NO3S3. The van der Waals surface area contributed by atoms with Crippen LogP contribution in [0, 0.1) is 6.92 Å². The second kappa shape index (κ2) is 9.76. The normalized spacial score (nSPS) is 21.2. The van der Waals surface area contributed by atoms with Gasteiger partial charge in [0.25, 0.3) is 0 Å². The van der Waals surface area contributed by atoms with Gasteiger partial charge in [-0.2, -0.15) is 11.8 Å². The SMILES string of the molecule is CCSCCOC(=O)C1=C(C)NC2=C(C(=O)C[C@@H](c3cccs3)C2)[C@@H]1c1ccc(C)s1. The standard InChI is InChI=1S/C24H27NO3S3/c1-4-29-11-9-28-24(27)21-15(3)25-17-12-16(19-6-5-10-30-19)13-18(26)22(17)23(21)20-8-7-14(2)31-20/h5-8,10,16,23,25H,4,9,11-13H2,1-3H3/t16-,23+/m0/s1. The lowest BCUT2D eigenvalue weighted by Gasteiger charge is -2.35. The Morgan fingerprint density at radius 3 is 2.74 bits per heavy atom. The average molecular weight is 474 g/mol. The van der Waals surface area contributed by atoms with E-state index in [4.69, 9.17) is 4.74 Å². The number of dihydropyridines is 1. The molecule has 3 heterocycles. The highest BCUT2D eigenvalue weighted by Gasteiger charge is 2.42. The number of carbonyl (C=O) groups excluding carboxylic acids is 2. The minimum Gasteiger partial charge on any atom is -0.461 e. The third-order valence-electron chi connectivity index (χ3n) is 5.70. The van der Waals surface area contributed by atoms with Crippen molar-refractivity contribution >= 4 is 46.2 Å². The molecule has 0 bridgehead atoms. The summed E-state index contributed by atoms with van der Waals surface area (Å²) >= 11 is 5.10. The number of Topliss-reactive ketones (excluding diaryl/α,β-unsaturated/α-hetero) is 1. The second-order valence-corrected chi connectivity index (χ2v) is 11.5. The lowest BCUT2D eigenvalue weighted by atomic mass is 9.74. The maximum absolute atomic E-state index is 13.4. The van der Waals surface area contributed by atoms with Gasteiger partial charge in [0.15, 0.2) is 5.78 Å². The summed E-state index contributed by atoms with van der Waals surface area (Å²) in [6.45, 7) is 6.45. The number of hydrogen-bond donors (Lipinski definition) is 1. The van der Waals surface area contributed by atoms with E-state index >= 15 is 0 Å². The van der Waals surface area contributed by atoms with Crippen LogP contribution in [0.2, 0.25) is 0 Å². The first-order valence-electron chi connectivity index (χ1n) is 10.6. The molecule has 0 amide bonds. The molecule has 0 saturated heterocycles. The first kappa shape index (κ1) is 22.4. The maximum atomic E-state index is 13.4. The molecule has 1 N–H and O–H groups in total. The van der Waals surface area contributed by atoms with Gasteiger partial charge in [-0.25, -0.2) is 4.79 Å². The molecular weight excluding hydrogens is 446 g/mol. The van der Waals surface area contributed by atoms with E-state index in [1.165, 1.54) is 9.75 Å². The summed E-state index contributed by atoms with van der Waals surface area (Å²) in [5, 5.41) is 5.48. The molecule has 4 rings (SSSR count). The molecule has 164 valence electrons. The number of esters is 1. The third-order valence-corrected chi connectivity index (χ3v) is 8.67. The molecule has 0 fully saturated rings.